The van der Waals surface area contributed by atoms with Crippen molar-refractivity contribution in [2.75, 3.05) is 4.90 Å². The molecule has 2 fully saturated rings. The summed E-state index contributed by atoms with van der Waals surface area (Å²) in [4.78, 5) is 39.3. The molecule has 1 aliphatic carbocycles. The van der Waals surface area contributed by atoms with Gasteiger partial charge in [0.05, 0.1) is 17.2 Å². The number of benzene rings is 2. The van der Waals surface area contributed by atoms with Gasteiger partial charge in [-0.1, -0.05) is 48.7 Å². The second kappa shape index (κ2) is 9.21. The lowest BCUT2D eigenvalue weighted by Crippen LogP contribution is -2.40. The number of amides is 1. The zero-order valence-corrected chi connectivity index (χ0v) is 18.9. The first-order chi connectivity index (χ1) is 17.0. The van der Waals surface area contributed by atoms with E-state index in [2.05, 4.69) is 5.16 Å². The minimum atomic E-state index is -1.09. The number of rotatable bonds is 5. The van der Waals surface area contributed by atoms with Crippen molar-refractivity contribution in [3.8, 4) is 11.3 Å². The Morgan fingerprint density at radius 3 is 2.14 bits per heavy atom. The van der Waals surface area contributed by atoms with Crippen molar-refractivity contribution in [2.45, 2.75) is 38.1 Å². The highest BCUT2D eigenvalue weighted by molar-refractivity contribution is 6.51. The lowest BCUT2D eigenvalue weighted by Gasteiger charge is -2.34. The maximum absolute atomic E-state index is 13.3. The molecule has 3 aromatic rings. The normalized spacial score (nSPS) is 20.3. The quantitative estimate of drug-likeness (QED) is 0.309. The summed E-state index contributed by atoms with van der Waals surface area (Å²) in [5.74, 6) is -2.77. The molecule has 8 heteroatoms. The fourth-order valence-electron chi connectivity index (χ4n) is 5.12. The molecule has 2 aromatic carbocycles. The summed E-state index contributed by atoms with van der Waals surface area (Å²) in [6.07, 6.45) is 6.24. The second-order valence-electron chi connectivity index (χ2n) is 8.92. The highest BCUT2D eigenvalue weighted by Gasteiger charge is 2.49. The van der Waals surface area contributed by atoms with Crippen molar-refractivity contribution in [1.29, 1.82) is 0 Å². The molecule has 2 N–H and O–H groups in total. The molecule has 8 nitrogen and oxygen atoms in total. The van der Waals surface area contributed by atoms with Crippen LogP contribution in [0.4, 0.5) is 5.69 Å². The van der Waals surface area contributed by atoms with Gasteiger partial charge in [0.15, 0.2) is 0 Å². The summed E-state index contributed by atoms with van der Waals surface area (Å²) < 4.78 is 4.90. The monoisotopic (exact) mass is 472 g/mol. The second-order valence-corrected chi connectivity index (χ2v) is 8.92. The van der Waals surface area contributed by atoms with E-state index in [-0.39, 0.29) is 22.8 Å². The minimum Gasteiger partial charge on any atom is -0.507 e. The van der Waals surface area contributed by atoms with Gasteiger partial charge >= 0.3 is 5.97 Å². The summed E-state index contributed by atoms with van der Waals surface area (Å²) in [7, 11) is 0. The molecule has 2 heterocycles. The largest absolute Gasteiger partial charge is 0.507 e. The fourth-order valence-corrected chi connectivity index (χ4v) is 5.12. The number of anilines is 1. The van der Waals surface area contributed by atoms with Crippen molar-refractivity contribution in [1.82, 2.24) is 5.16 Å². The van der Waals surface area contributed by atoms with Gasteiger partial charge in [0, 0.05) is 22.9 Å². The average molecular weight is 472 g/mol. The Morgan fingerprint density at radius 2 is 1.54 bits per heavy atom. The van der Waals surface area contributed by atoms with E-state index in [1.807, 2.05) is 12.1 Å². The zero-order chi connectivity index (χ0) is 24.5. The van der Waals surface area contributed by atoms with Crippen LogP contribution in [0, 0.1) is 5.92 Å². The summed E-state index contributed by atoms with van der Waals surface area (Å²) >= 11 is 0. The number of hydrogen-bond acceptors (Lipinski definition) is 6. The number of nitrogens with zero attached hydrogens (tertiary/aromatic N) is 2. The first-order valence-electron chi connectivity index (χ1n) is 11.6. The van der Waals surface area contributed by atoms with Gasteiger partial charge in [-0.15, -0.1) is 0 Å². The van der Waals surface area contributed by atoms with Crippen LogP contribution in [0.3, 0.4) is 0 Å². The molecule has 1 amide bonds. The van der Waals surface area contributed by atoms with Gasteiger partial charge in [0.25, 0.3) is 11.7 Å². The number of aliphatic hydroxyl groups excluding tert-OH is 1. The van der Waals surface area contributed by atoms with Crippen molar-refractivity contribution >= 4 is 29.1 Å². The molecule has 1 atom stereocenters. The third-order valence-corrected chi connectivity index (χ3v) is 6.87. The lowest BCUT2D eigenvalue weighted by atomic mass is 9.80. The van der Waals surface area contributed by atoms with E-state index in [1.54, 1.807) is 18.2 Å². The van der Waals surface area contributed by atoms with Gasteiger partial charge in [0.1, 0.15) is 17.7 Å². The number of aliphatic hydroxyl groups is 1. The van der Waals surface area contributed by atoms with Crippen LogP contribution < -0.4 is 4.90 Å². The van der Waals surface area contributed by atoms with Gasteiger partial charge in [0.2, 0.25) is 0 Å². The van der Waals surface area contributed by atoms with Gasteiger partial charge in [-0.3, -0.25) is 14.5 Å². The van der Waals surface area contributed by atoms with Crippen LogP contribution >= 0.6 is 0 Å². The first-order valence-corrected chi connectivity index (χ1v) is 11.6. The highest BCUT2D eigenvalue weighted by Crippen LogP contribution is 2.41. The number of Topliss-reactive ketones (excluding diaryl/α,β-unsaturated/α-hetero) is 1. The average Bonchev–Trinajstić information content (AvgIpc) is 3.52. The molecular weight excluding hydrogens is 448 g/mol. The summed E-state index contributed by atoms with van der Waals surface area (Å²) in [5.41, 5.74) is 2.48. The number of aromatic carboxylic acids is 1. The van der Waals surface area contributed by atoms with E-state index in [1.165, 1.54) is 35.4 Å². The van der Waals surface area contributed by atoms with Crippen LogP contribution in [0.5, 0.6) is 0 Å². The Bertz CT molecular complexity index is 1290. The number of carbonyl (C=O) groups excluding carboxylic acids is 2. The molecule has 2 aliphatic rings. The molecule has 1 aliphatic heterocycles. The molecule has 1 aromatic heterocycles. The highest BCUT2D eigenvalue weighted by atomic mass is 16.5. The topological polar surface area (TPSA) is 121 Å². The molecule has 178 valence electrons. The van der Waals surface area contributed by atoms with E-state index in [0.717, 1.165) is 37.7 Å². The van der Waals surface area contributed by atoms with Gasteiger partial charge < -0.3 is 14.7 Å². The van der Waals surface area contributed by atoms with Crippen molar-refractivity contribution in [3.05, 3.63) is 77.6 Å². The molecule has 0 radical (unpaired) electrons. The predicted octanol–water partition coefficient (Wildman–Crippen LogP) is 4.87. The van der Waals surface area contributed by atoms with Gasteiger partial charge in [-0.2, -0.15) is 0 Å². The van der Waals surface area contributed by atoms with Gasteiger partial charge in [-0.25, -0.2) is 4.79 Å². The molecule has 1 saturated heterocycles. The molecule has 1 unspecified atom stereocenters. The van der Waals surface area contributed by atoms with Crippen molar-refractivity contribution in [3.63, 3.8) is 0 Å². The van der Waals surface area contributed by atoms with E-state index in [9.17, 15) is 19.5 Å². The Labute approximate surface area is 201 Å². The standard InChI is InChI=1S/C27H24N2O6/c30-24(18-6-8-19(9-7-18)27(33)34)22-23(17-4-2-1-3-5-17)29(26(32)25(22)31)20-12-10-16(11-13-20)21-14-15-35-28-21/h6-15,17,23,30H,1-5H2,(H,33,34)/b24-22-. The molecule has 35 heavy (non-hydrogen) atoms. The van der Waals surface area contributed by atoms with Gasteiger partial charge in [-0.05, 0) is 43.0 Å². The minimum absolute atomic E-state index is 0.0183. The first kappa shape index (κ1) is 22.6. The third kappa shape index (κ3) is 4.12. The van der Waals surface area contributed by atoms with Crippen LogP contribution in [-0.2, 0) is 9.59 Å². The van der Waals surface area contributed by atoms with E-state index in [4.69, 9.17) is 9.63 Å². The zero-order valence-electron chi connectivity index (χ0n) is 18.9. The van der Waals surface area contributed by atoms with E-state index < -0.39 is 23.7 Å². The molecule has 5 rings (SSSR count). The molecule has 1 saturated carbocycles. The van der Waals surface area contributed by atoms with E-state index >= 15 is 0 Å². The lowest BCUT2D eigenvalue weighted by molar-refractivity contribution is -0.132. The maximum atomic E-state index is 13.3. The predicted molar refractivity (Wildman–Crippen MR) is 128 cm³/mol. The molecule has 0 bridgehead atoms. The number of carbonyl (C=O) groups is 3. The van der Waals surface area contributed by atoms with Crippen LogP contribution in [0.15, 0.2) is 71.0 Å². The number of carboxylic acids is 1. The number of aromatic nitrogens is 1. The van der Waals surface area contributed by atoms with Crippen LogP contribution in [0.1, 0.15) is 48.0 Å². The summed E-state index contributed by atoms with van der Waals surface area (Å²) in [6.45, 7) is 0. The maximum Gasteiger partial charge on any atom is 0.335 e. The Balaban J connectivity index is 1.58. The van der Waals surface area contributed by atoms with E-state index in [0.29, 0.717) is 16.9 Å². The molecule has 0 spiro atoms. The Hall–Kier alpha value is -4.20. The smallest absolute Gasteiger partial charge is 0.335 e. The fraction of sp³-hybridized carbons (Fsp3) is 0.259. The summed E-state index contributed by atoms with van der Waals surface area (Å²) in [5, 5.41) is 24.3. The number of ketones is 1. The third-order valence-electron chi connectivity index (χ3n) is 6.87. The van der Waals surface area contributed by atoms with Crippen LogP contribution in [0.25, 0.3) is 17.0 Å². The van der Waals surface area contributed by atoms with Crippen molar-refractivity contribution in [2.24, 2.45) is 5.92 Å². The number of carboxylic acid groups (broad SMARTS) is 1. The Kier molecular flexibility index (Phi) is 5.94. The van der Waals surface area contributed by atoms with Crippen LogP contribution in [-0.4, -0.2) is 39.1 Å². The SMILES string of the molecule is O=C1C(=O)N(c2ccc(-c3ccon3)cc2)C(C2CCCCC2)/C1=C(/O)c1ccc(C(=O)O)cc1. The van der Waals surface area contributed by atoms with Crippen molar-refractivity contribution < 1.29 is 29.1 Å². The number of hydrogen-bond donors (Lipinski definition) is 2. The van der Waals surface area contributed by atoms with Crippen LogP contribution in [0.2, 0.25) is 0 Å². The Morgan fingerprint density at radius 1 is 0.886 bits per heavy atom. The summed E-state index contributed by atoms with van der Waals surface area (Å²) in [6, 6.07) is 13.9. The molecular formula is C27H24N2O6.